The highest BCUT2D eigenvalue weighted by atomic mass is 19.1. The number of nitrogens with one attached hydrogen (secondary N) is 1. The average Bonchev–Trinajstić information content (AvgIpc) is 2.74. The van der Waals surface area contributed by atoms with E-state index < -0.39 is 17.5 Å². The number of ether oxygens (including phenoxy) is 1. The van der Waals surface area contributed by atoms with Crippen LogP contribution in [0.5, 0.6) is 5.75 Å². The molecular formula is C23H16F2N2O2. The van der Waals surface area contributed by atoms with E-state index in [1.165, 1.54) is 36.4 Å². The molecule has 29 heavy (non-hydrogen) atoms. The number of anilines is 1. The summed E-state index contributed by atoms with van der Waals surface area (Å²) in [6.45, 7) is -0.290. The highest BCUT2D eigenvalue weighted by Crippen LogP contribution is 2.30. The molecule has 0 bridgehead atoms. The van der Waals surface area contributed by atoms with Crippen molar-refractivity contribution in [2.75, 3.05) is 11.9 Å². The predicted octanol–water partition coefficient (Wildman–Crippen LogP) is 5.20. The molecule has 4 rings (SSSR count). The monoisotopic (exact) mass is 390 g/mol. The van der Waals surface area contributed by atoms with Gasteiger partial charge in [0, 0.05) is 22.7 Å². The zero-order chi connectivity index (χ0) is 20.2. The predicted molar refractivity (Wildman–Crippen MR) is 108 cm³/mol. The highest BCUT2D eigenvalue weighted by Gasteiger charge is 2.12. The first kappa shape index (κ1) is 18.6. The van der Waals surface area contributed by atoms with Gasteiger partial charge < -0.3 is 10.1 Å². The van der Waals surface area contributed by atoms with E-state index in [1.807, 2.05) is 30.3 Å². The van der Waals surface area contributed by atoms with Gasteiger partial charge in [0.15, 0.2) is 6.61 Å². The fourth-order valence-electron chi connectivity index (χ4n) is 2.92. The third-order valence-electron chi connectivity index (χ3n) is 4.29. The lowest BCUT2D eigenvalue weighted by Crippen LogP contribution is -2.20. The van der Waals surface area contributed by atoms with E-state index in [-0.39, 0.29) is 6.61 Å². The number of amides is 1. The summed E-state index contributed by atoms with van der Waals surface area (Å²) >= 11 is 0. The standard InChI is InChI=1S/C23H16F2N2O2/c24-16-6-9-18(10-7-16)26-23(28)14-29-22-13-21(15-4-2-1-3-5-15)27-20-11-8-17(25)12-19(20)22/h1-13H,14H2,(H,26,28). The molecule has 1 aromatic heterocycles. The van der Waals surface area contributed by atoms with Crippen molar-refractivity contribution in [3.8, 4) is 17.0 Å². The van der Waals surface area contributed by atoms with Crippen LogP contribution in [0.3, 0.4) is 0 Å². The Kier molecular flexibility index (Phi) is 5.16. The Morgan fingerprint density at radius 3 is 2.38 bits per heavy atom. The van der Waals surface area contributed by atoms with Crippen molar-refractivity contribution >= 4 is 22.5 Å². The molecule has 1 N–H and O–H groups in total. The SMILES string of the molecule is O=C(COc1cc(-c2ccccc2)nc2ccc(F)cc12)Nc1ccc(F)cc1. The number of hydrogen-bond donors (Lipinski definition) is 1. The fraction of sp³-hybridized carbons (Fsp3) is 0.0435. The van der Waals surface area contributed by atoms with Crippen LogP contribution in [0.25, 0.3) is 22.2 Å². The molecule has 0 saturated carbocycles. The van der Waals surface area contributed by atoms with Gasteiger partial charge in [0.25, 0.3) is 5.91 Å². The van der Waals surface area contributed by atoms with Crippen molar-refractivity contribution in [3.05, 3.63) is 90.5 Å². The molecule has 1 amide bonds. The fourth-order valence-corrected chi connectivity index (χ4v) is 2.92. The molecule has 0 atom stereocenters. The lowest BCUT2D eigenvalue weighted by molar-refractivity contribution is -0.118. The largest absolute Gasteiger partial charge is 0.483 e. The van der Waals surface area contributed by atoms with Crippen molar-refractivity contribution in [2.45, 2.75) is 0 Å². The number of aromatic nitrogens is 1. The zero-order valence-corrected chi connectivity index (χ0v) is 15.2. The number of benzene rings is 3. The van der Waals surface area contributed by atoms with Crippen molar-refractivity contribution in [3.63, 3.8) is 0 Å². The van der Waals surface area contributed by atoms with Crippen LogP contribution in [0.2, 0.25) is 0 Å². The number of halogens is 2. The smallest absolute Gasteiger partial charge is 0.262 e. The van der Waals surface area contributed by atoms with E-state index in [0.717, 1.165) is 5.56 Å². The van der Waals surface area contributed by atoms with Gasteiger partial charge in [0.2, 0.25) is 0 Å². The minimum Gasteiger partial charge on any atom is -0.483 e. The molecule has 1 heterocycles. The molecule has 6 heteroatoms. The lowest BCUT2D eigenvalue weighted by atomic mass is 10.1. The minimum atomic E-state index is -0.424. The lowest BCUT2D eigenvalue weighted by Gasteiger charge is -2.12. The summed E-state index contributed by atoms with van der Waals surface area (Å²) < 4.78 is 32.4. The molecule has 4 nitrogen and oxygen atoms in total. The number of hydrogen-bond acceptors (Lipinski definition) is 3. The van der Waals surface area contributed by atoms with E-state index in [1.54, 1.807) is 12.1 Å². The Morgan fingerprint density at radius 1 is 0.897 bits per heavy atom. The van der Waals surface area contributed by atoms with E-state index in [2.05, 4.69) is 10.3 Å². The summed E-state index contributed by atoms with van der Waals surface area (Å²) in [5, 5.41) is 3.10. The first-order chi connectivity index (χ1) is 14.1. The van der Waals surface area contributed by atoms with Crippen LogP contribution in [0.15, 0.2) is 78.9 Å². The molecule has 0 aliphatic rings. The molecule has 0 spiro atoms. The van der Waals surface area contributed by atoms with Gasteiger partial charge in [-0.15, -0.1) is 0 Å². The Hall–Kier alpha value is -3.80. The van der Waals surface area contributed by atoms with Crippen LogP contribution in [-0.2, 0) is 4.79 Å². The molecule has 0 radical (unpaired) electrons. The second-order valence-corrected chi connectivity index (χ2v) is 6.38. The maximum atomic E-state index is 13.8. The number of carbonyl (C=O) groups excluding carboxylic acids is 1. The highest BCUT2D eigenvalue weighted by molar-refractivity contribution is 5.93. The normalized spacial score (nSPS) is 10.7. The Labute approximate surface area is 165 Å². The topological polar surface area (TPSA) is 51.2 Å². The first-order valence-corrected chi connectivity index (χ1v) is 8.92. The van der Waals surface area contributed by atoms with E-state index in [9.17, 15) is 13.6 Å². The minimum absolute atomic E-state index is 0.290. The van der Waals surface area contributed by atoms with Gasteiger partial charge in [-0.25, -0.2) is 13.8 Å². The molecule has 0 aliphatic heterocycles. The summed E-state index contributed by atoms with van der Waals surface area (Å²) in [7, 11) is 0. The van der Waals surface area contributed by atoms with Crippen molar-refractivity contribution in [1.82, 2.24) is 4.98 Å². The van der Waals surface area contributed by atoms with Crippen LogP contribution >= 0.6 is 0 Å². The second kappa shape index (κ2) is 8.06. The molecule has 4 aromatic rings. The third kappa shape index (κ3) is 4.38. The summed E-state index contributed by atoms with van der Waals surface area (Å²) in [5.74, 6) is -0.882. The van der Waals surface area contributed by atoms with E-state index in [4.69, 9.17) is 4.74 Å². The Balaban J connectivity index is 1.60. The zero-order valence-electron chi connectivity index (χ0n) is 15.2. The van der Waals surface area contributed by atoms with Crippen LogP contribution in [0.1, 0.15) is 0 Å². The van der Waals surface area contributed by atoms with Crippen molar-refractivity contribution in [1.29, 1.82) is 0 Å². The van der Waals surface area contributed by atoms with Gasteiger partial charge in [-0.1, -0.05) is 30.3 Å². The van der Waals surface area contributed by atoms with Crippen molar-refractivity contribution < 1.29 is 18.3 Å². The summed E-state index contributed by atoms with van der Waals surface area (Å²) in [6, 6.07) is 20.8. The van der Waals surface area contributed by atoms with Crippen LogP contribution in [-0.4, -0.2) is 17.5 Å². The van der Waals surface area contributed by atoms with Crippen LogP contribution < -0.4 is 10.1 Å². The van der Waals surface area contributed by atoms with Gasteiger partial charge in [-0.2, -0.15) is 0 Å². The Bertz CT molecular complexity index is 1160. The molecule has 0 fully saturated rings. The molecule has 144 valence electrons. The van der Waals surface area contributed by atoms with Crippen LogP contribution in [0.4, 0.5) is 14.5 Å². The summed E-state index contributed by atoms with van der Waals surface area (Å²) in [6.07, 6.45) is 0. The molecule has 0 unspecified atom stereocenters. The molecule has 0 aliphatic carbocycles. The quantitative estimate of drug-likeness (QED) is 0.510. The maximum absolute atomic E-state index is 13.8. The maximum Gasteiger partial charge on any atom is 0.262 e. The van der Waals surface area contributed by atoms with Gasteiger partial charge >= 0.3 is 0 Å². The third-order valence-corrected chi connectivity index (χ3v) is 4.29. The van der Waals surface area contributed by atoms with E-state index in [0.29, 0.717) is 28.0 Å². The van der Waals surface area contributed by atoms with Gasteiger partial charge in [-0.05, 0) is 42.5 Å². The molecule has 0 saturated heterocycles. The molecular weight excluding hydrogens is 374 g/mol. The Morgan fingerprint density at radius 2 is 1.62 bits per heavy atom. The van der Waals surface area contributed by atoms with Crippen LogP contribution in [0, 0.1) is 11.6 Å². The number of carbonyl (C=O) groups is 1. The number of rotatable bonds is 5. The average molecular weight is 390 g/mol. The molecule has 3 aromatic carbocycles. The first-order valence-electron chi connectivity index (χ1n) is 8.92. The number of fused-ring (bicyclic) bond motifs is 1. The van der Waals surface area contributed by atoms with Gasteiger partial charge in [-0.3, -0.25) is 4.79 Å². The second-order valence-electron chi connectivity index (χ2n) is 6.38. The van der Waals surface area contributed by atoms with Gasteiger partial charge in [0.05, 0.1) is 11.2 Å². The summed E-state index contributed by atoms with van der Waals surface area (Å²) in [5.41, 5.74) is 2.54. The summed E-state index contributed by atoms with van der Waals surface area (Å²) in [4.78, 5) is 16.8. The van der Waals surface area contributed by atoms with Crippen molar-refractivity contribution in [2.24, 2.45) is 0 Å². The number of pyridine rings is 1. The van der Waals surface area contributed by atoms with Gasteiger partial charge in [0.1, 0.15) is 17.4 Å². The number of nitrogens with zero attached hydrogens (tertiary/aromatic N) is 1. The van der Waals surface area contributed by atoms with E-state index >= 15 is 0 Å².